The molecule has 0 heterocycles. The number of carbonyl (C=O) groups is 2. The highest BCUT2D eigenvalue weighted by Crippen LogP contribution is 2.31. The number of ketones is 1. The van der Waals surface area contributed by atoms with Crippen molar-refractivity contribution in [2.45, 2.75) is 6.92 Å². The fourth-order valence-electron chi connectivity index (χ4n) is 2.23. The van der Waals surface area contributed by atoms with Gasteiger partial charge in [0.15, 0.2) is 17.3 Å². The summed E-state index contributed by atoms with van der Waals surface area (Å²) < 4.78 is 10.6. The van der Waals surface area contributed by atoms with Gasteiger partial charge in [0, 0.05) is 23.7 Å². The zero-order valence-corrected chi connectivity index (χ0v) is 13.8. The number of rotatable bonds is 6. The molecule has 2 aromatic carbocycles. The summed E-state index contributed by atoms with van der Waals surface area (Å²) in [6.45, 7) is 1.43. The average molecular weight is 325 g/mol. The monoisotopic (exact) mass is 325 g/mol. The van der Waals surface area contributed by atoms with E-state index >= 15 is 0 Å². The highest BCUT2D eigenvalue weighted by molar-refractivity contribution is 6.07. The van der Waals surface area contributed by atoms with Crippen LogP contribution in [0, 0.1) is 0 Å². The van der Waals surface area contributed by atoms with E-state index in [2.05, 4.69) is 5.32 Å². The van der Waals surface area contributed by atoms with E-state index in [0.717, 1.165) is 5.56 Å². The second-order valence-corrected chi connectivity index (χ2v) is 5.04. The zero-order chi connectivity index (χ0) is 17.5. The molecular formula is C19H19NO4. The van der Waals surface area contributed by atoms with Gasteiger partial charge in [-0.05, 0) is 42.5 Å². The normalized spacial score (nSPS) is 10.5. The molecule has 0 bridgehead atoms. The number of carbonyl (C=O) groups excluding carboxylic acids is 2. The minimum Gasteiger partial charge on any atom is -0.493 e. The van der Waals surface area contributed by atoms with Crippen LogP contribution in [-0.2, 0) is 4.79 Å². The lowest BCUT2D eigenvalue weighted by Crippen LogP contribution is -2.05. The van der Waals surface area contributed by atoms with E-state index in [4.69, 9.17) is 9.47 Å². The van der Waals surface area contributed by atoms with E-state index in [1.54, 1.807) is 50.6 Å². The van der Waals surface area contributed by atoms with Gasteiger partial charge >= 0.3 is 0 Å². The molecule has 2 aromatic rings. The van der Waals surface area contributed by atoms with Crippen molar-refractivity contribution in [3.8, 4) is 11.5 Å². The lowest BCUT2D eigenvalue weighted by molar-refractivity contribution is -0.114. The van der Waals surface area contributed by atoms with Crippen LogP contribution in [0.1, 0.15) is 22.8 Å². The van der Waals surface area contributed by atoms with Gasteiger partial charge in [0.05, 0.1) is 14.2 Å². The van der Waals surface area contributed by atoms with Gasteiger partial charge in [-0.3, -0.25) is 9.59 Å². The molecule has 0 saturated carbocycles. The molecule has 0 fully saturated rings. The molecule has 0 aliphatic heterocycles. The van der Waals surface area contributed by atoms with Crippen molar-refractivity contribution in [2.75, 3.05) is 19.5 Å². The summed E-state index contributed by atoms with van der Waals surface area (Å²) in [6.07, 6.45) is 3.16. The quantitative estimate of drug-likeness (QED) is 0.651. The molecule has 0 spiro atoms. The highest BCUT2D eigenvalue weighted by Gasteiger charge is 2.08. The summed E-state index contributed by atoms with van der Waals surface area (Å²) in [4.78, 5) is 23.3. The lowest BCUT2D eigenvalue weighted by Gasteiger charge is -2.09. The van der Waals surface area contributed by atoms with Gasteiger partial charge in [0.25, 0.3) is 0 Å². The van der Waals surface area contributed by atoms with Crippen LogP contribution in [-0.4, -0.2) is 25.9 Å². The Morgan fingerprint density at radius 1 is 1.00 bits per heavy atom. The first-order chi connectivity index (χ1) is 11.5. The third-order valence-corrected chi connectivity index (χ3v) is 3.34. The Morgan fingerprint density at radius 2 is 1.71 bits per heavy atom. The summed E-state index contributed by atoms with van der Waals surface area (Å²) in [6, 6.07) is 12.2. The molecule has 2 rings (SSSR count). The van der Waals surface area contributed by atoms with E-state index in [0.29, 0.717) is 22.7 Å². The summed E-state index contributed by atoms with van der Waals surface area (Å²) in [5, 5.41) is 2.66. The number of para-hydroxylation sites is 1. The van der Waals surface area contributed by atoms with Crippen LogP contribution in [0.2, 0.25) is 0 Å². The molecule has 0 aliphatic rings. The van der Waals surface area contributed by atoms with Crippen molar-refractivity contribution in [1.82, 2.24) is 0 Å². The maximum Gasteiger partial charge on any atom is 0.221 e. The van der Waals surface area contributed by atoms with Gasteiger partial charge in [-0.1, -0.05) is 12.1 Å². The summed E-state index contributed by atoms with van der Waals surface area (Å²) in [5.41, 5.74) is 1.93. The average Bonchev–Trinajstić information content (AvgIpc) is 2.59. The molecule has 5 nitrogen and oxygen atoms in total. The molecular weight excluding hydrogens is 306 g/mol. The topological polar surface area (TPSA) is 64.6 Å². The number of allylic oxidation sites excluding steroid dienone is 1. The van der Waals surface area contributed by atoms with Crippen molar-refractivity contribution in [3.05, 3.63) is 59.7 Å². The standard InChI is InChI=1S/C19H19NO4/c1-13(21)20-16-10-7-14(8-11-16)17(22)12-9-15-5-4-6-18(23-2)19(15)24-3/h4-12H,1-3H3,(H,20,21)/b12-9+. The number of methoxy groups -OCH3 is 2. The first-order valence-electron chi connectivity index (χ1n) is 7.36. The molecule has 0 aliphatic carbocycles. The Bertz CT molecular complexity index is 763. The largest absolute Gasteiger partial charge is 0.493 e. The number of amides is 1. The van der Waals surface area contributed by atoms with Gasteiger partial charge in [0.2, 0.25) is 5.91 Å². The van der Waals surface area contributed by atoms with Gasteiger partial charge in [-0.25, -0.2) is 0 Å². The Kier molecular flexibility index (Phi) is 5.73. The SMILES string of the molecule is COc1cccc(/C=C/C(=O)c2ccc(NC(C)=O)cc2)c1OC. The van der Waals surface area contributed by atoms with Crippen LogP contribution in [0.15, 0.2) is 48.5 Å². The molecule has 0 unspecified atom stereocenters. The van der Waals surface area contributed by atoms with Crippen LogP contribution >= 0.6 is 0 Å². The first-order valence-corrected chi connectivity index (χ1v) is 7.36. The molecule has 0 radical (unpaired) electrons. The second kappa shape index (κ2) is 7.97. The van der Waals surface area contributed by atoms with E-state index in [9.17, 15) is 9.59 Å². The minimum absolute atomic E-state index is 0.144. The molecule has 0 aromatic heterocycles. The molecule has 124 valence electrons. The zero-order valence-electron chi connectivity index (χ0n) is 13.8. The van der Waals surface area contributed by atoms with Crippen LogP contribution in [0.25, 0.3) is 6.08 Å². The van der Waals surface area contributed by atoms with Crippen LogP contribution in [0.5, 0.6) is 11.5 Å². The van der Waals surface area contributed by atoms with E-state index in [1.807, 2.05) is 12.1 Å². The molecule has 1 N–H and O–H groups in total. The predicted molar refractivity (Wildman–Crippen MR) is 93.7 cm³/mol. The van der Waals surface area contributed by atoms with Gasteiger partial charge in [0.1, 0.15) is 0 Å². The Morgan fingerprint density at radius 3 is 2.29 bits per heavy atom. The van der Waals surface area contributed by atoms with Crippen molar-refractivity contribution in [2.24, 2.45) is 0 Å². The van der Waals surface area contributed by atoms with Crippen molar-refractivity contribution >= 4 is 23.5 Å². The maximum absolute atomic E-state index is 12.3. The smallest absolute Gasteiger partial charge is 0.221 e. The fourth-order valence-corrected chi connectivity index (χ4v) is 2.23. The fraction of sp³-hybridized carbons (Fsp3) is 0.158. The third-order valence-electron chi connectivity index (χ3n) is 3.34. The highest BCUT2D eigenvalue weighted by atomic mass is 16.5. The number of hydrogen-bond acceptors (Lipinski definition) is 4. The van der Waals surface area contributed by atoms with E-state index in [-0.39, 0.29) is 11.7 Å². The Labute approximate surface area is 140 Å². The number of benzene rings is 2. The van der Waals surface area contributed by atoms with Crippen LogP contribution < -0.4 is 14.8 Å². The number of anilines is 1. The minimum atomic E-state index is -0.154. The van der Waals surface area contributed by atoms with Crippen molar-refractivity contribution in [3.63, 3.8) is 0 Å². The number of hydrogen-bond donors (Lipinski definition) is 1. The number of nitrogens with one attached hydrogen (secondary N) is 1. The molecule has 0 saturated heterocycles. The Balaban J connectivity index is 2.17. The van der Waals surface area contributed by atoms with Gasteiger partial charge < -0.3 is 14.8 Å². The molecule has 5 heteroatoms. The summed E-state index contributed by atoms with van der Waals surface area (Å²) in [7, 11) is 3.12. The lowest BCUT2D eigenvalue weighted by atomic mass is 10.1. The second-order valence-electron chi connectivity index (χ2n) is 5.04. The van der Waals surface area contributed by atoms with Crippen molar-refractivity contribution < 1.29 is 19.1 Å². The predicted octanol–water partition coefficient (Wildman–Crippen LogP) is 3.56. The van der Waals surface area contributed by atoms with E-state index in [1.165, 1.54) is 13.0 Å². The maximum atomic E-state index is 12.3. The molecule has 0 atom stereocenters. The number of ether oxygens (including phenoxy) is 2. The summed E-state index contributed by atoms with van der Waals surface area (Å²) in [5.74, 6) is 0.880. The third kappa shape index (κ3) is 4.23. The summed E-state index contributed by atoms with van der Waals surface area (Å²) >= 11 is 0. The van der Waals surface area contributed by atoms with E-state index < -0.39 is 0 Å². The Hall–Kier alpha value is -3.08. The van der Waals surface area contributed by atoms with Crippen LogP contribution in [0.4, 0.5) is 5.69 Å². The van der Waals surface area contributed by atoms with Crippen molar-refractivity contribution in [1.29, 1.82) is 0 Å². The van der Waals surface area contributed by atoms with Gasteiger partial charge in [-0.2, -0.15) is 0 Å². The van der Waals surface area contributed by atoms with Gasteiger partial charge in [-0.15, -0.1) is 0 Å². The molecule has 24 heavy (non-hydrogen) atoms. The first kappa shape index (κ1) is 17.3. The molecule has 1 amide bonds. The van der Waals surface area contributed by atoms with Crippen LogP contribution in [0.3, 0.4) is 0 Å².